The summed E-state index contributed by atoms with van der Waals surface area (Å²) in [6.45, 7) is 0. The van der Waals surface area contributed by atoms with Gasteiger partial charge in [-0.3, -0.25) is 9.69 Å². The predicted molar refractivity (Wildman–Crippen MR) is 68.1 cm³/mol. The van der Waals surface area contributed by atoms with E-state index in [1.54, 1.807) is 18.3 Å². The third-order valence-electron chi connectivity index (χ3n) is 2.02. The number of halogens is 3. The molecule has 1 aromatic heterocycles. The second-order valence-electron chi connectivity index (χ2n) is 3.10. The Morgan fingerprint density at radius 3 is 2.82 bits per heavy atom. The van der Waals surface area contributed by atoms with Gasteiger partial charge in [-0.15, -0.1) is 0 Å². The van der Waals surface area contributed by atoms with Crippen LogP contribution in [0.4, 0.5) is 5.82 Å². The van der Waals surface area contributed by atoms with Crippen molar-refractivity contribution in [2.45, 2.75) is 0 Å². The molecule has 0 aromatic carbocycles. The van der Waals surface area contributed by atoms with E-state index in [2.05, 4.69) is 10.7 Å². The maximum atomic E-state index is 11.3. The molecule has 6 heteroatoms. The van der Waals surface area contributed by atoms with E-state index in [0.717, 1.165) is 0 Å². The van der Waals surface area contributed by atoms with Crippen molar-refractivity contribution in [2.75, 3.05) is 4.90 Å². The SMILES string of the molecule is O=C(Cl)C1=CC(Cl)=C=CN1c1ncccc1Cl. The van der Waals surface area contributed by atoms with E-state index in [-0.39, 0.29) is 10.7 Å². The zero-order chi connectivity index (χ0) is 12.4. The summed E-state index contributed by atoms with van der Waals surface area (Å²) < 4.78 is 0. The maximum absolute atomic E-state index is 11.3. The van der Waals surface area contributed by atoms with E-state index in [0.29, 0.717) is 10.8 Å². The van der Waals surface area contributed by atoms with E-state index in [1.807, 2.05) is 0 Å². The van der Waals surface area contributed by atoms with Crippen molar-refractivity contribution in [3.05, 3.63) is 52.1 Å². The average molecular weight is 288 g/mol. The summed E-state index contributed by atoms with van der Waals surface area (Å²) in [6, 6.07) is 3.35. The summed E-state index contributed by atoms with van der Waals surface area (Å²) in [6.07, 6.45) is 4.43. The number of hydrogen-bond donors (Lipinski definition) is 0. The summed E-state index contributed by atoms with van der Waals surface area (Å²) in [5, 5.41) is 0.0345. The van der Waals surface area contributed by atoms with Crippen LogP contribution in [0.1, 0.15) is 0 Å². The van der Waals surface area contributed by atoms with Crippen molar-refractivity contribution in [1.82, 2.24) is 4.98 Å². The lowest BCUT2D eigenvalue weighted by molar-refractivity contribution is -0.108. The van der Waals surface area contributed by atoms with Crippen LogP contribution >= 0.6 is 34.8 Å². The molecule has 2 rings (SSSR count). The lowest BCUT2D eigenvalue weighted by Crippen LogP contribution is -2.22. The maximum Gasteiger partial charge on any atom is 0.269 e. The van der Waals surface area contributed by atoms with Crippen molar-refractivity contribution in [3.63, 3.8) is 0 Å². The minimum absolute atomic E-state index is 0.177. The van der Waals surface area contributed by atoms with Gasteiger partial charge in [-0.1, -0.05) is 28.9 Å². The molecule has 0 radical (unpaired) electrons. The molecule has 0 spiro atoms. The molecular formula is C11H5Cl3N2O. The quantitative estimate of drug-likeness (QED) is 0.617. The smallest absolute Gasteiger partial charge is 0.269 e. The topological polar surface area (TPSA) is 33.2 Å². The molecule has 0 bridgehead atoms. The van der Waals surface area contributed by atoms with Crippen LogP contribution in [0.25, 0.3) is 0 Å². The van der Waals surface area contributed by atoms with Crippen molar-refractivity contribution in [3.8, 4) is 0 Å². The summed E-state index contributed by atoms with van der Waals surface area (Å²) in [5.41, 5.74) is 2.92. The number of carbonyl (C=O) groups is 1. The summed E-state index contributed by atoms with van der Waals surface area (Å²) in [7, 11) is 0. The van der Waals surface area contributed by atoms with Crippen LogP contribution in [0.3, 0.4) is 0 Å². The minimum Gasteiger partial charge on any atom is -0.288 e. The Labute approximate surface area is 113 Å². The summed E-state index contributed by atoms with van der Waals surface area (Å²) >= 11 is 17.2. The molecule has 0 fully saturated rings. The van der Waals surface area contributed by atoms with Crippen molar-refractivity contribution in [1.29, 1.82) is 0 Å². The van der Waals surface area contributed by atoms with Crippen molar-refractivity contribution in [2.24, 2.45) is 0 Å². The van der Waals surface area contributed by atoms with E-state index in [4.69, 9.17) is 34.8 Å². The molecule has 1 aliphatic rings. The van der Waals surface area contributed by atoms with E-state index < -0.39 is 5.24 Å². The zero-order valence-corrected chi connectivity index (χ0v) is 10.6. The normalized spacial score (nSPS) is 14.4. The van der Waals surface area contributed by atoms with Gasteiger partial charge in [-0.2, -0.15) is 0 Å². The van der Waals surface area contributed by atoms with Crippen LogP contribution in [0.5, 0.6) is 0 Å². The number of anilines is 1. The molecule has 0 saturated heterocycles. The Balaban J connectivity index is 2.53. The average Bonchev–Trinajstić information content (AvgIpc) is 2.30. The molecule has 0 saturated carbocycles. The number of hydrogen-bond acceptors (Lipinski definition) is 3. The third-order valence-corrected chi connectivity index (χ3v) is 2.73. The molecule has 0 N–H and O–H groups in total. The van der Waals surface area contributed by atoms with Crippen LogP contribution < -0.4 is 4.90 Å². The summed E-state index contributed by atoms with van der Waals surface area (Å²) in [5.74, 6) is 0.395. The molecule has 1 aromatic rings. The van der Waals surface area contributed by atoms with Crippen LogP contribution in [0, 0.1) is 0 Å². The largest absolute Gasteiger partial charge is 0.288 e. The summed E-state index contributed by atoms with van der Waals surface area (Å²) in [4.78, 5) is 16.8. The first-order valence-electron chi connectivity index (χ1n) is 4.53. The first-order chi connectivity index (χ1) is 8.09. The third kappa shape index (κ3) is 2.54. The molecule has 0 aliphatic carbocycles. The molecular weight excluding hydrogens is 282 g/mol. The fourth-order valence-electron chi connectivity index (χ4n) is 1.31. The lowest BCUT2D eigenvalue weighted by atomic mass is 10.3. The standard InChI is InChI=1S/C11H5Cl3N2O/c12-7-3-5-16(9(6-7)10(14)17)11-8(13)2-1-4-15-11/h1-2,4-6H. The van der Waals surface area contributed by atoms with Crippen LogP contribution in [0.2, 0.25) is 5.02 Å². The number of allylic oxidation sites excluding steroid dienone is 3. The van der Waals surface area contributed by atoms with Gasteiger partial charge < -0.3 is 0 Å². The fraction of sp³-hybridized carbons (Fsp3) is 0. The highest BCUT2D eigenvalue weighted by molar-refractivity contribution is 6.68. The van der Waals surface area contributed by atoms with Crippen molar-refractivity contribution >= 4 is 45.9 Å². The van der Waals surface area contributed by atoms with Gasteiger partial charge in [0.25, 0.3) is 5.24 Å². The number of pyridine rings is 1. The van der Waals surface area contributed by atoms with Crippen molar-refractivity contribution < 1.29 is 4.79 Å². The van der Waals surface area contributed by atoms with Crippen LogP contribution in [-0.2, 0) is 4.79 Å². The van der Waals surface area contributed by atoms with Gasteiger partial charge in [0.2, 0.25) is 0 Å². The molecule has 1 aliphatic heterocycles. The molecule has 0 unspecified atom stereocenters. The number of rotatable bonds is 2. The highest BCUT2D eigenvalue weighted by Gasteiger charge is 2.21. The van der Waals surface area contributed by atoms with E-state index >= 15 is 0 Å². The van der Waals surface area contributed by atoms with Gasteiger partial charge >= 0.3 is 0 Å². The Morgan fingerprint density at radius 1 is 1.41 bits per heavy atom. The molecule has 17 heavy (non-hydrogen) atoms. The van der Waals surface area contributed by atoms with Gasteiger partial charge in [-0.25, -0.2) is 4.98 Å². The highest BCUT2D eigenvalue weighted by Crippen LogP contribution is 2.29. The monoisotopic (exact) mass is 286 g/mol. The first-order valence-corrected chi connectivity index (χ1v) is 5.66. The van der Waals surface area contributed by atoms with E-state index in [1.165, 1.54) is 17.2 Å². The number of nitrogens with zero attached hydrogens (tertiary/aromatic N) is 2. The van der Waals surface area contributed by atoms with Gasteiger partial charge in [0.05, 0.1) is 16.3 Å². The fourth-order valence-corrected chi connectivity index (χ4v) is 1.82. The van der Waals surface area contributed by atoms with Gasteiger partial charge in [0.1, 0.15) is 5.70 Å². The minimum atomic E-state index is -0.650. The predicted octanol–water partition coefficient (Wildman–Crippen LogP) is 3.44. The molecule has 0 amide bonds. The number of carbonyl (C=O) groups excluding carboxylic acids is 1. The van der Waals surface area contributed by atoms with E-state index in [9.17, 15) is 4.79 Å². The molecule has 0 atom stereocenters. The zero-order valence-electron chi connectivity index (χ0n) is 8.32. The Bertz CT molecular complexity index is 574. The Hall–Kier alpha value is -1.25. The van der Waals surface area contributed by atoms with Gasteiger partial charge in [0.15, 0.2) is 5.82 Å². The first kappa shape index (κ1) is 12.2. The Kier molecular flexibility index (Phi) is 3.55. The van der Waals surface area contributed by atoms with Gasteiger partial charge in [-0.05, 0) is 29.8 Å². The number of aromatic nitrogens is 1. The lowest BCUT2D eigenvalue weighted by Gasteiger charge is -2.21. The van der Waals surface area contributed by atoms with Crippen LogP contribution in [-0.4, -0.2) is 10.2 Å². The highest BCUT2D eigenvalue weighted by atomic mass is 35.5. The molecule has 2 heterocycles. The second-order valence-corrected chi connectivity index (χ2v) is 4.26. The Morgan fingerprint density at radius 2 is 2.18 bits per heavy atom. The molecule has 3 nitrogen and oxygen atoms in total. The molecule has 86 valence electrons. The van der Waals surface area contributed by atoms with Crippen LogP contribution in [0.15, 0.2) is 47.1 Å². The van der Waals surface area contributed by atoms with Gasteiger partial charge in [0, 0.05) is 6.20 Å². The second kappa shape index (κ2) is 4.94.